The number of benzene rings is 2. The fourth-order valence-corrected chi connectivity index (χ4v) is 4.13. The van der Waals surface area contributed by atoms with Crippen LogP contribution in [0.25, 0.3) is 39.0 Å². The van der Waals surface area contributed by atoms with Gasteiger partial charge < -0.3 is 9.73 Å². The Morgan fingerprint density at radius 2 is 1.88 bits per heavy atom. The number of carbonyl (C=O) groups excluding carboxylic acids is 1. The summed E-state index contributed by atoms with van der Waals surface area (Å²) in [6.07, 6.45) is 5.87. The van der Waals surface area contributed by atoms with Gasteiger partial charge in [0, 0.05) is 28.9 Å². The summed E-state index contributed by atoms with van der Waals surface area (Å²) in [6, 6.07) is 20.1. The molecule has 0 aliphatic carbocycles. The summed E-state index contributed by atoms with van der Waals surface area (Å²) in [7, 11) is 0. The van der Waals surface area contributed by atoms with Crippen molar-refractivity contribution in [3.63, 3.8) is 0 Å². The first-order valence-corrected chi connectivity index (χ1v) is 11.0. The highest BCUT2D eigenvalue weighted by Crippen LogP contribution is 2.29. The second kappa shape index (κ2) is 9.02. The lowest BCUT2D eigenvalue weighted by atomic mass is 10.1. The topological polar surface area (TPSA) is 85.1 Å². The number of fused-ring (bicyclic) bond motifs is 1. The van der Waals surface area contributed by atoms with E-state index in [2.05, 4.69) is 15.3 Å². The number of anilines is 1. The molecule has 3 heterocycles. The van der Waals surface area contributed by atoms with Crippen LogP contribution in [-0.2, 0) is 4.79 Å². The summed E-state index contributed by atoms with van der Waals surface area (Å²) >= 11 is 1.51. The van der Waals surface area contributed by atoms with E-state index in [1.165, 1.54) is 29.8 Å². The van der Waals surface area contributed by atoms with E-state index in [0.717, 1.165) is 22.0 Å². The fraction of sp³-hybridized carbons (Fsp3) is 0. The normalized spacial score (nSPS) is 11.2. The van der Waals surface area contributed by atoms with E-state index in [9.17, 15) is 9.59 Å². The molecule has 0 saturated carbocycles. The van der Waals surface area contributed by atoms with Crippen molar-refractivity contribution in [3.05, 3.63) is 106 Å². The van der Waals surface area contributed by atoms with Crippen LogP contribution in [0.3, 0.4) is 0 Å². The van der Waals surface area contributed by atoms with Crippen molar-refractivity contribution in [2.75, 3.05) is 5.32 Å². The third-order valence-electron chi connectivity index (χ3n) is 4.94. The van der Waals surface area contributed by atoms with Gasteiger partial charge in [-0.05, 0) is 42.5 Å². The highest BCUT2D eigenvalue weighted by Gasteiger charge is 2.09. The Labute approximate surface area is 192 Å². The average Bonchev–Trinajstić information content (AvgIpc) is 3.35. The van der Waals surface area contributed by atoms with Crippen LogP contribution in [0.2, 0.25) is 0 Å². The molecular weight excluding hydrogens is 434 g/mol. The average molecular weight is 452 g/mol. The number of rotatable bonds is 5. The molecule has 5 rings (SSSR count). The summed E-state index contributed by atoms with van der Waals surface area (Å²) in [4.78, 5) is 34.0. The minimum atomic E-state index is -0.354. The lowest BCUT2D eigenvalue weighted by molar-refractivity contribution is -0.111. The van der Waals surface area contributed by atoms with Crippen LogP contribution in [-0.4, -0.2) is 15.9 Å². The highest BCUT2D eigenvalue weighted by molar-refractivity contribution is 7.13. The first-order chi connectivity index (χ1) is 16.2. The fourth-order valence-electron chi connectivity index (χ4n) is 3.33. The number of hydrogen-bond acceptors (Lipinski definition) is 6. The van der Waals surface area contributed by atoms with E-state index in [0.29, 0.717) is 22.2 Å². The Bertz CT molecular complexity index is 1540. The van der Waals surface area contributed by atoms with Gasteiger partial charge in [0.05, 0.1) is 22.3 Å². The zero-order valence-corrected chi connectivity index (χ0v) is 18.1. The number of aromatic nitrogens is 2. The van der Waals surface area contributed by atoms with Gasteiger partial charge in [-0.25, -0.2) is 4.98 Å². The van der Waals surface area contributed by atoms with Gasteiger partial charge in [0.25, 0.3) is 0 Å². The second-order valence-corrected chi connectivity index (χ2v) is 8.03. The molecule has 3 aromatic heterocycles. The first-order valence-electron chi connectivity index (χ1n) is 10.1. The van der Waals surface area contributed by atoms with Crippen LogP contribution in [0.15, 0.2) is 99.9 Å². The van der Waals surface area contributed by atoms with Gasteiger partial charge in [0.1, 0.15) is 16.9 Å². The van der Waals surface area contributed by atoms with Gasteiger partial charge in [-0.2, -0.15) is 0 Å². The maximum atomic E-state index is 12.6. The molecular formula is C26H17N3O3S. The van der Waals surface area contributed by atoms with Crippen molar-refractivity contribution < 1.29 is 9.21 Å². The molecule has 0 bridgehead atoms. The SMILES string of the molecule is O=C(/C=C/c1coc2ccccc2c1=O)Nc1cccc(-c2csc(-c3ccccn3)n2)c1. The van der Waals surface area contributed by atoms with Crippen molar-refractivity contribution in [1.82, 2.24) is 9.97 Å². The zero-order valence-electron chi connectivity index (χ0n) is 17.3. The van der Waals surface area contributed by atoms with E-state index >= 15 is 0 Å². The lowest BCUT2D eigenvalue weighted by Gasteiger charge is -2.04. The minimum Gasteiger partial charge on any atom is -0.463 e. The maximum Gasteiger partial charge on any atom is 0.248 e. The number of hydrogen-bond donors (Lipinski definition) is 1. The van der Waals surface area contributed by atoms with Crippen LogP contribution in [0, 0.1) is 0 Å². The molecule has 33 heavy (non-hydrogen) atoms. The largest absolute Gasteiger partial charge is 0.463 e. The standard InChI is InChI=1S/C26H17N3O3S/c30-24(12-11-18-15-32-23-10-2-1-8-20(23)25(18)31)28-19-7-5-6-17(14-19)22-16-33-26(29-22)21-9-3-4-13-27-21/h1-16H,(H,28,30)/b12-11+. The minimum absolute atomic E-state index is 0.185. The molecule has 0 aliphatic rings. The van der Waals surface area contributed by atoms with Crippen molar-refractivity contribution in [1.29, 1.82) is 0 Å². The van der Waals surface area contributed by atoms with Gasteiger partial charge in [0.2, 0.25) is 5.91 Å². The maximum absolute atomic E-state index is 12.6. The molecule has 1 amide bonds. The first kappa shape index (κ1) is 20.5. The van der Waals surface area contributed by atoms with Crippen molar-refractivity contribution in [3.8, 4) is 22.0 Å². The number of para-hydroxylation sites is 1. The molecule has 0 spiro atoms. The van der Waals surface area contributed by atoms with Crippen molar-refractivity contribution in [2.45, 2.75) is 0 Å². The summed E-state index contributed by atoms with van der Waals surface area (Å²) in [6.45, 7) is 0. The molecule has 0 fully saturated rings. The summed E-state index contributed by atoms with van der Waals surface area (Å²) in [5, 5.41) is 6.09. The number of nitrogens with one attached hydrogen (secondary N) is 1. The molecule has 5 aromatic rings. The third kappa shape index (κ3) is 4.49. The monoisotopic (exact) mass is 451 g/mol. The molecule has 0 atom stereocenters. The Kier molecular flexibility index (Phi) is 5.61. The molecule has 0 radical (unpaired) electrons. The number of amides is 1. The zero-order chi connectivity index (χ0) is 22.6. The quantitative estimate of drug-likeness (QED) is 0.350. The third-order valence-corrected chi connectivity index (χ3v) is 5.80. The predicted octanol–water partition coefficient (Wildman–Crippen LogP) is 5.63. The second-order valence-electron chi connectivity index (χ2n) is 7.17. The van der Waals surface area contributed by atoms with Crippen LogP contribution in [0.4, 0.5) is 5.69 Å². The Hall–Kier alpha value is -4.36. The van der Waals surface area contributed by atoms with E-state index in [1.807, 2.05) is 41.8 Å². The van der Waals surface area contributed by atoms with E-state index in [1.54, 1.807) is 36.5 Å². The Balaban J connectivity index is 1.32. The van der Waals surface area contributed by atoms with E-state index < -0.39 is 0 Å². The molecule has 0 unspecified atom stereocenters. The van der Waals surface area contributed by atoms with E-state index in [-0.39, 0.29) is 11.3 Å². The highest BCUT2D eigenvalue weighted by atomic mass is 32.1. The molecule has 6 nitrogen and oxygen atoms in total. The Morgan fingerprint density at radius 3 is 2.76 bits per heavy atom. The lowest BCUT2D eigenvalue weighted by Crippen LogP contribution is -2.09. The summed E-state index contributed by atoms with van der Waals surface area (Å²) < 4.78 is 5.48. The molecule has 0 saturated heterocycles. The van der Waals surface area contributed by atoms with Gasteiger partial charge in [-0.15, -0.1) is 11.3 Å². The number of pyridine rings is 1. The predicted molar refractivity (Wildman–Crippen MR) is 131 cm³/mol. The molecule has 1 N–H and O–H groups in total. The number of thiazole rings is 1. The molecule has 0 aliphatic heterocycles. The Morgan fingerprint density at radius 1 is 1.00 bits per heavy atom. The summed E-state index contributed by atoms with van der Waals surface area (Å²) in [5.74, 6) is -0.354. The van der Waals surface area contributed by atoms with Crippen molar-refractivity contribution in [2.24, 2.45) is 0 Å². The van der Waals surface area contributed by atoms with Crippen LogP contribution in [0.5, 0.6) is 0 Å². The van der Waals surface area contributed by atoms with Gasteiger partial charge in [0.15, 0.2) is 5.43 Å². The smallest absolute Gasteiger partial charge is 0.248 e. The van der Waals surface area contributed by atoms with Crippen LogP contribution >= 0.6 is 11.3 Å². The van der Waals surface area contributed by atoms with Crippen molar-refractivity contribution >= 4 is 40.0 Å². The van der Waals surface area contributed by atoms with Crippen LogP contribution < -0.4 is 10.7 Å². The molecule has 7 heteroatoms. The van der Waals surface area contributed by atoms with Gasteiger partial charge >= 0.3 is 0 Å². The van der Waals surface area contributed by atoms with Gasteiger partial charge in [-0.3, -0.25) is 14.6 Å². The van der Waals surface area contributed by atoms with E-state index in [4.69, 9.17) is 4.42 Å². The summed E-state index contributed by atoms with van der Waals surface area (Å²) in [5.41, 5.74) is 3.76. The molecule has 160 valence electrons. The molecule has 2 aromatic carbocycles. The number of nitrogens with zero attached hydrogens (tertiary/aromatic N) is 2. The number of carbonyl (C=O) groups is 1. The van der Waals surface area contributed by atoms with Crippen LogP contribution in [0.1, 0.15) is 5.56 Å². The van der Waals surface area contributed by atoms with Gasteiger partial charge in [-0.1, -0.05) is 30.3 Å².